The predicted octanol–water partition coefficient (Wildman–Crippen LogP) is 1.35. The molecule has 0 aliphatic carbocycles. The number of pyridine rings is 1. The number of aromatic nitrogens is 1. The average Bonchev–Trinajstić information content (AvgIpc) is 2.33. The van der Waals surface area contributed by atoms with E-state index in [1.165, 1.54) is 0 Å². The summed E-state index contributed by atoms with van der Waals surface area (Å²) >= 11 is 3.40. The highest BCUT2D eigenvalue weighted by Gasteiger charge is 2.09. The number of ether oxygens (including phenoxy) is 1. The molecule has 0 saturated heterocycles. The van der Waals surface area contributed by atoms with Crippen LogP contribution in [0.4, 0.5) is 5.82 Å². The first-order chi connectivity index (χ1) is 8.54. The van der Waals surface area contributed by atoms with Crippen LogP contribution in [0, 0.1) is 6.92 Å². The summed E-state index contributed by atoms with van der Waals surface area (Å²) in [6, 6.07) is 1.94. The molecule has 0 atom stereocenters. The highest BCUT2D eigenvalue weighted by molar-refractivity contribution is 9.10. The van der Waals surface area contributed by atoms with E-state index in [0.717, 1.165) is 15.9 Å². The Hall–Kier alpha value is -1.14. The van der Waals surface area contributed by atoms with Crippen molar-refractivity contribution in [1.82, 2.24) is 10.3 Å². The molecule has 0 fully saturated rings. The van der Waals surface area contributed by atoms with E-state index in [1.807, 2.05) is 24.9 Å². The van der Waals surface area contributed by atoms with Crippen molar-refractivity contribution in [2.45, 2.75) is 6.92 Å². The molecule has 1 heterocycles. The number of aryl methyl sites for hydroxylation is 1. The SMILES string of the molecule is COCCNC(=O)CN(C)c1cc(C)c(Br)cn1. The zero-order chi connectivity index (χ0) is 13.5. The normalized spacial score (nSPS) is 10.2. The molecule has 0 radical (unpaired) electrons. The summed E-state index contributed by atoms with van der Waals surface area (Å²) in [6.07, 6.45) is 1.74. The zero-order valence-corrected chi connectivity index (χ0v) is 12.5. The van der Waals surface area contributed by atoms with Gasteiger partial charge in [-0.25, -0.2) is 4.98 Å². The maximum absolute atomic E-state index is 11.6. The molecule has 1 aromatic rings. The quantitative estimate of drug-likeness (QED) is 0.805. The minimum absolute atomic E-state index is 0.0445. The number of hydrogen-bond acceptors (Lipinski definition) is 4. The van der Waals surface area contributed by atoms with E-state index in [9.17, 15) is 4.79 Å². The Morgan fingerprint density at radius 3 is 2.94 bits per heavy atom. The first kappa shape index (κ1) is 14.9. The molecule has 1 amide bonds. The van der Waals surface area contributed by atoms with Gasteiger partial charge in [0.1, 0.15) is 5.82 Å². The second kappa shape index (κ2) is 7.33. The van der Waals surface area contributed by atoms with E-state index in [1.54, 1.807) is 13.3 Å². The molecule has 0 aromatic carbocycles. The number of hydrogen-bond donors (Lipinski definition) is 1. The molecule has 6 heteroatoms. The van der Waals surface area contributed by atoms with E-state index in [2.05, 4.69) is 26.2 Å². The first-order valence-corrected chi connectivity index (χ1v) is 6.43. The Morgan fingerprint density at radius 1 is 1.61 bits per heavy atom. The third-order valence-electron chi connectivity index (χ3n) is 2.43. The van der Waals surface area contributed by atoms with Crippen molar-refractivity contribution >= 4 is 27.7 Å². The first-order valence-electron chi connectivity index (χ1n) is 5.63. The Kier molecular flexibility index (Phi) is 6.07. The number of halogens is 1. The number of methoxy groups -OCH3 is 1. The van der Waals surface area contributed by atoms with Gasteiger partial charge in [0.05, 0.1) is 13.2 Å². The molecule has 0 spiro atoms. The van der Waals surface area contributed by atoms with E-state index in [-0.39, 0.29) is 12.5 Å². The average molecular weight is 316 g/mol. The fourth-order valence-electron chi connectivity index (χ4n) is 1.38. The monoisotopic (exact) mass is 315 g/mol. The van der Waals surface area contributed by atoms with Gasteiger partial charge in [0.15, 0.2) is 0 Å². The molecule has 1 aromatic heterocycles. The highest BCUT2D eigenvalue weighted by Crippen LogP contribution is 2.18. The van der Waals surface area contributed by atoms with Crippen LogP contribution in [0.15, 0.2) is 16.7 Å². The van der Waals surface area contributed by atoms with Crippen LogP contribution in [-0.4, -0.2) is 44.7 Å². The second-order valence-electron chi connectivity index (χ2n) is 3.99. The summed E-state index contributed by atoms with van der Waals surface area (Å²) < 4.78 is 5.83. The second-order valence-corrected chi connectivity index (χ2v) is 4.84. The lowest BCUT2D eigenvalue weighted by atomic mass is 10.3. The number of nitrogens with zero attached hydrogens (tertiary/aromatic N) is 2. The van der Waals surface area contributed by atoms with Crippen molar-refractivity contribution in [3.8, 4) is 0 Å². The minimum Gasteiger partial charge on any atom is -0.383 e. The van der Waals surface area contributed by atoms with Gasteiger partial charge < -0.3 is 15.0 Å². The van der Waals surface area contributed by atoms with Gasteiger partial charge in [-0.2, -0.15) is 0 Å². The molecule has 0 bridgehead atoms. The van der Waals surface area contributed by atoms with Crippen LogP contribution in [0.3, 0.4) is 0 Å². The minimum atomic E-state index is -0.0445. The van der Waals surface area contributed by atoms with Gasteiger partial charge in [-0.15, -0.1) is 0 Å². The van der Waals surface area contributed by atoms with Crippen LogP contribution in [0.25, 0.3) is 0 Å². The third-order valence-corrected chi connectivity index (χ3v) is 3.26. The Bertz CT molecular complexity index is 412. The zero-order valence-electron chi connectivity index (χ0n) is 10.9. The number of nitrogens with one attached hydrogen (secondary N) is 1. The van der Waals surface area contributed by atoms with E-state index in [0.29, 0.717) is 13.2 Å². The molecule has 5 nitrogen and oxygen atoms in total. The van der Waals surface area contributed by atoms with Crippen molar-refractivity contribution in [3.05, 3.63) is 22.3 Å². The predicted molar refractivity (Wildman–Crippen MR) is 74.8 cm³/mol. The van der Waals surface area contributed by atoms with Crippen LogP contribution < -0.4 is 10.2 Å². The lowest BCUT2D eigenvalue weighted by molar-refractivity contribution is -0.119. The third kappa shape index (κ3) is 4.62. The Balaban J connectivity index is 2.51. The largest absolute Gasteiger partial charge is 0.383 e. The standard InChI is InChI=1S/C12H18BrN3O2/c1-9-6-11(15-7-10(9)13)16(2)8-12(17)14-4-5-18-3/h6-7H,4-5,8H2,1-3H3,(H,14,17). The number of anilines is 1. The Labute approximate surface area is 116 Å². The number of amides is 1. The summed E-state index contributed by atoms with van der Waals surface area (Å²) in [4.78, 5) is 17.7. The number of carbonyl (C=O) groups excluding carboxylic acids is 1. The molecular formula is C12H18BrN3O2. The Morgan fingerprint density at radius 2 is 2.33 bits per heavy atom. The summed E-state index contributed by atoms with van der Waals surface area (Å²) in [5.74, 6) is 0.731. The van der Waals surface area contributed by atoms with Crippen molar-refractivity contribution in [1.29, 1.82) is 0 Å². The van der Waals surface area contributed by atoms with Gasteiger partial charge in [-0.3, -0.25) is 4.79 Å². The molecule has 0 aliphatic heterocycles. The number of rotatable bonds is 6. The number of carbonyl (C=O) groups is 1. The van der Waals surface area contributed by atoms with E-state index in [4.69, 9.17) is 4.74 Å². The molecule has 1 rings (SSSR count). The van der Waals surface area contributed by atoms with Crippen LogP contribution in [-0.2, 0) is 9.53 Å². The van der Waals surface area contributed by atoms with Crippen LogP contribution >= 0.6 is 15.9 Å². The molecule has 18 heavy (non-hydrogen) atoms. The maximum atomic E-state index is 11.6. The van der Waals surface area contributed by atoms with Crippen molar-refractivity contribution in [2.24, 2.45) is 0 Å². The van der Waals surface area contributed by atoms with E-state index >= 15 is 0 Å². The van der Waals surface area contributed by atoms with Gasteiger partial charge in [0.2, 0.25) is 5.91 Å². The molecule has 0 saturated carbocycles. The molecule has 100 valence electrons. The molecule has 1 N–H and O–H groups in total. The highest BCUT2D eigenvalue weighted by atomic mass is 79.9. The van der Waals surface area contributed by atoms with Gasteiger partial charge in [-0.1, -0.05) is 0 Å². The summed E-state index contributed by atoms with van der Waals surface area (Å²) in [5, 5.41) is 2.77. The molecule has 0 unspecified atom stereocenters. The van der Waals surface area contributed by atoms with Crippen LogP contribution in [0.2, 0.25) is 0 Å². The number of likely N-dealkylation sites (N-methyl/N-ethyl adjacent to an activating group) is 1. The maximum Gasteiger partial charge on any atom is 0.239 e. The van der Waals surface area contributed by atoms with Crippen LogP contribution in [0.1, 0.15) is 5.56 Å². The van der Waals surface area contributed by atoms with Crippen molar-refractivity contribution in [3.63, 3.8) is 0 Å². The van der Waals surface area contributed by atoms with Crippen molar-refractivity contribution in [2.75, 3.05) is 38.8 Å². The van der Waals surface area contributed by atoms with E-state index < -0.39 is 0 Å². The lowest BCUT2D eigenvalue weighted by Crippen LogP contribution is -2.37. The topological polar surface area (TPSA) is 54.5 Å². The fraction of sp³-hybridized carbons (Fsp3) is 0.500. The van der Waals surface area contributed by atoms with Gasteiger partial charge in [-0.05, 0) is 34.5 Å². The summed E-state index contributed by atoms with van der Waals surface area (Å²) in [6.45, 7) is 3.31. The van der Waals surface area contributed by atoms with Gasteiger partial charge in [0.25, 0.3) is 0 Å². The summed E-state index contributed by atoms with van der Waals surface area (Å²) in [5.41, 5.74) is 1.09. The lowest BCUT2D eigenvalue weighted by Gasteiger charge is -2.18. The van der Waals surface area contributed by atoms with Gasteiger partial charge >= 0.3 is 0 Å². The van der Waals surface area contributed by atoms with Crippen molar-refractivity contribution < 1.29 is 9.53 Å². The molecule has 0 aliphatic rings. The summed E-state index contributed by atoms with van der Waals surface area (Å²) in [7, 11) is 3.44. The van der Waals surface area contributed by atoms with Gasteiger partial charge in [0, 0.05) is 31.4 Å². The van der Waals surface area contributed by atoms with Crippen LogP contribution in [0.5, 0.6) is 0 Å². The molecular weight excluding hydrogens is 298 g/mol. The fourth-order valence-corrected chi connectivity index (χ4v) is 1.59. The smallest absolute Gasteiger partial charge is 0.239 e.